The molecule has 0 aliphatic heterocycles. The molecule has 0 saturated carbocycles. The molecule has 1 N–H and O–H groups in total. The lowest BCUT2D eigenvalue weighted by Crippen LogP contribution is -2.07. The average Bonchev–Trinajstić information content (AvgIpc) is 2.83. The van der Waals surface area contributed by atoms with Gasteiger partial charge in [-0.2, -0.15) is 0 Å². The minimum absolute atomic E-state index is 0.659. The summed E-state index contributed by atoms with van der Waals surface area (Å²) >= 11 is 0. The van der Waals surface area contributed by atoms with E-state index in [2.05, 4.69) is 4.98 Å². The van der Waals surface area contributed by atoms with Gasteiger partial charge in [0, 0.05) is 19.4 Å². The number of rotatable bonds is 2. The Balaban J connectivity index is 2.18. The number of aliphatic hydroxyl groups is 1. The van der Waals surface area contributed by atoms with Gasteiger partial charge in [0.15, 0.2) is 0 Å². The lowest BCUT2D eigenvalue weighted by Gasteiger charge is -2.13. The fourth-order valence-corrected chi connectivity index (χ4v) is 2.27. The number of nitrogens with zero attached hydrogens (tertiary/aromatic N) is 2. The molecule has 3 rings (SSSR count). The van der Waals surface area contributed by atoms with Crippen LogP contribution in [-0.4, -0.2) is 14.7 Å². The number of fused-ring (bicyclic) bond motifs is 1. The zero-order valence-electron chi connectivity index (χ0n) is 10.1. The second kappa shape index (κ2) is 4.27. The quantitative estimate of drug-likeness (QED) is 0.745. The molecular weight excluding hydrogens is 224 g/mol. The Bertz CT molecular complexity index is 682. The number of aryl methyl sites for hydroxylation is 1. The Morgan fingerprint density at radius 1 is 1.11 bits per heavy atom. The van der Waals surface area contributed by atoms with E-state index in [1.54, 1.807) is 6.20 Å². The highest BCUT2D eigenvalue weighted by Crippen LogP contribution is 2.27. The molecule has 0 bridgehead atoms. The molecule has 1 aromatic heterocycles. The fraction of sp³-hybridized carbons (Fsp3) is 0.133. The first-order chi connectivity index (χ1) is 8.77. The van der Waals surface area contributed by atoms with Crippen LogP contribution in [0.5, 0.6) is 0 Å². The van der Waals surface area contributed by atoms with Crippen molar-refractivity contribution in [3.05, 3.63) is 66.2 Å². The predicted octanol–water partition coefficient (Wildman–Crippen LogP) is 2.66. The first-order valence-electron chi connectivity index (χ1n) is 5.90. The highest BCUT2D eigenvalue weighted by atomic mass is 16.3. The van der Waals surface area contributed by atoms with E-state index >= 15 is 0 Å². The van der Waals surface area contributed by atoms with Gasteiger partial charge in [-0.1, -0.05) is 42.5 Å². The molecule has 3 heteroatoms. The largest absolute Gasteiger partial charge is 0.380 e. The Hall–Kier alpha value is -2.13. The molecule has 0 aliphatic carbocycles. The van der Waals surface area contributed by atoms with Crippen LogP contribution in [0.3, 0.4) is 0 Å². The maximum absolute atomic E-state index is 10.5. The van der Waals surface area contributed by atoms with Crippen molar-refractivity contribution >= 4 is 10.8 Å². The van der Waals surface area contributed by atoms with Gasteiger partial charge in [-0.3, -0.25) is 0 Å². The van der Waals surface area contributed by atoms with E-state index in [1.165, 1.54) is 0 Å². The minimum atomic E-state index is -0.698. The van der Waals surface area contributed by atoms with Gasteiger partial charge in [-0.15, -0.1) is 0 Å². The van der Waals surface area contributed by atoms with Gasteiger partial charge in [-0.05, 0) is 16.3 Å². The van der Waals surface area contributed by atoms with Crippen LogP contribution in [0.25, 0.3) is 10.8 Å². The Morgan fingerprint density at radius 3 is 2.67 bits per heavy atom. The zero-order chi connectivity index (χ0) is 12.5. The van der Waals surface area contributed by atoms with E-state index in [0.29, 0.717) is 5.82 Å². The summed E-state index contributed by atoms with van der Waals surface area (Å²) in [6, 6.07) is 14.0. The molecule has 90 valence electrons. The molecule has 1 atom stereocenters. The first kappa shape index (κ1) is 11.0. The fourth-order valence-electron chi connectivity index (χ4n) is 2.27. The first-order valence-corrected chi connectivity index (χ1v) is 5.90. The molecule has 1 heterocycles. The van der Waals surface area contributed by atoms with Gasteiger partial charge in [0.1, 0.15) is 11.9 Å². The molecule has 0 radical (unpaired) electrons. The number of aromatic nitrogens is 2. The summed E-state index contributed by atoms with van der Waals surface area (Å²) in [5.41, 5.74) is 0.891. The van der Waals surface area contributed by atoms with Crippen molar-refractivity contribution in [2.45, 2.75) is 6.10 Å². The van der Waals surface area contributed by atoms with Crippen molar-refractivity contribution in [1.29, 1.82) is 0 Å². The van der Waals surface area contributed by atoms with E-state index in [-0.39, 0.29) is 0 Å². The maximum atomic E-state index is 10.5. The Morgan fingerprint density at radius 2 is 1.89 bits per heavy atom. The van der Waals surface area contributed by atoms with Crippen LogP contribution in [0.15, 0.2) is 54.9 Å². The molecule has 0 fully saturated rings. The Labute approximate surface area is 105 Å². The summed E-state index contributed by atoms with van der Waals surface area (Å²) in [6.07, 6.45) is 2.84. The number of benzene rings is 2. The summed E-state index contributed by atoms with van der Waals surface area (Å²) < 4.78 is 1.84. The molecule has 2 aromatic carbocycles. The van der Waals surface area contributed by atoms with Crippen LogP contribution >= 0.6 is 0 Å². The molecular formula is C15H14N2O. The highest BCUT2D eigenvalue weighted by molar-refractivity contribution is 5.86. The number of aliphatic hydroxyl groups excluding tert-OH is 1. The molecule has 3 nitrogen and oxygen atoms in total. The van der Waals surface area contributed by atoms with Crippen molar-refractivity contribution in [2.24, 2.45) is 7.05 Å². The zero-order valence-corrected chi connectivity index (χ0v) is 10.1. The van der Waals surface area contributed by atoms with Crippen LogP contribution in [0, 0.1) is 0 Å². The Kier molecular flexibility index (Phi) is 2.61. The summed E-state index contributed by atoms with van der Waals surface area (Å²) in [7, 11) is 1.89. The molecule has 3 aromatic rings. The SMILES string of the molecule is Cn1ccnc1[C@H](O)c1cccc2ccccc12. The van der Waals surface area contributed by atoms with Gasteiger partial charge in [0.2, 0.25) is 0 Å². The predicted molar refractivity (Wildman–Crippen MR) is 71.2 cm³/mol. The number of hydrogen-bond donors (Lipinski definition) is 1. The third kappa shape index (κ3) is 1.69. The van der Waals surface area contributed by atoms with Crippen LogP contribution < -0.4 is 0 Å². The summed E-state index contributed by atoms with van der Waals surface area (Å²) in [4.78, 5) is 4.21. The average molecular weight is 238 g/mol. The van der Waals surface area contributed by atoms with E-state index in [1.807, 2.05) is 60.3 Å². The second-order valence-electron chi connectivity index (χ2n) is 4.37. The summed E-state index contributed by atoms with van der Waals surface area (Å²) in [5, 5.41) is 12.7. The van der Waals surface area contributed by atoms with Crippen molar-refractivity contribution in [3.63, 3.8) is 0 Å². The smallest absolute Gasteiger partial charge is 0.142 e. The van der Waals surface area contributed by atoms with Crippen LogP contribution in [-0.2, 0) is 7.05 Å². The highest BCUT2D eigenvalue weighted by Gasteiger charge is 2.16. The summed E-state index contributed by atoms with van der Waals surface area (Å²) in [5.74, 6) is 0.659. The van der Waals surface area contributed by atoms with Gasteiger partial charge < -0.3 is 9.67 Å². The van der Waals surface area contributed by atoms with Crippen molar-refractivity contribution in [3.8, 4) is 0 Å². The van der Waals surface area contributed by atoms with E-state index in [9.17, 15) is 5.11 Å². The van der Waals surface area contributed by atoms with Crippen molar-refractivity contribution in [1.82, 2.24) is 9.55 Å². The van der Waals surface area contributed by atoms with Crippen molar-refractivity contribution in [2.75, 3.05) is 0 Å². The second-order valence-corrected chi connectivity index (χ2v) is 4.37. The van der Waals surface area contributed by atoms with Gasteiger partial charge in [0.25, 0.3) is 0 Å². The van der Waals surface area contributed by atoms with Gasteiger partial charge in [-0.25, -0.2) is 4.98 Å². The maximum Gasteiger partial charge on any atom is 0.142 e. The molecule has 0 aliphatic rings. The third-order valence-corrected chi connectivity index (χ3v) is 3.22. The number of imidazole rings is 1. The molecule has 0 spiro atoms. The minimum Gasteiger partial charge on any atom is -0.380 e. The summed E-state index contributed by atoms with van der Waals surface area (Å²) in [6.45, 7) is 0. The topological polar surface area (TPSA) is 38.0 Å². The van der Waals surface area contributed by atoms with E-state index in [4.69, 9.17) is 0 Å². The van der Waals surface area contributed by atoms with Gasteiger partial charge in [0.05, 0.1) is 0 Å². The van der Waals surface area contributed by atoms with Crippen LogP contribution in [0.2, 0.25) is 0 Å². The monoisotopic (exact) mass is 238 g/mol. The third-order valence-electron chi connectivity index (χ3n) is 3.22. The van der Waals surface area contributed by atoms with Crippen LogP contribution in [0.1, 0.15) is 17.5 Å². The van der Waals surface area contributed by atoms with E-state index < -0.39 is 6.10 Å². The molecule has 0 saturated heterocycles. The van der Waals surface area contributed by atoms with Gasteiger partial charge >= 0.3 is 0 Å². The van der Waals surface area contributed by atoms with Crippen LogP contribution in [0.4, 0.5) is 0 Å². The molecule has 18 heavy (non-hydrogen) atoms. The number of hydrogen-bond acceptors (Lipinski definition) is 2. The molecule has 0 unspecified atom stereocenters. The lowest BCUT2D eigenvalue weighted by molar-refractivity contribution is 0.208. The van der Waals surface area contributed by atoms with E-state index in [0.717, 1.165) is 16.3 Å². The molecule has 0 amide bonds. The normalized spacial score (nSPS) is 12.8. The van der Waals surface area contributed by atoms with Crippen molar-refractivity contribution < 1.29 is 5.11 Å². The lowest BCUT2D eigenvalue weighted by atomic mass is 10.00. The standard InChI is InChI=1S/C15H14N2O/c1-17-10-9-16-15(17)14(18)13-8-4-6-11-5-2-3-7-12(11)13/h2-10,14,18H,1H3/t14-/m1/s1.